The van der Waals surface area contributed by atoms with Gasteiger partial charge in [0.25, 0.3) is 0 Å². The number of esters is 1. The smallest absolute Gasteiger partial charge is 0.338 e. The number of hydrogen-bond acceptors (Lipinski definition) is 7. The number of aryl methyl sites for hydroxylation is 2. The Hall–Kier alpha value is -3.61. The normalized spacial score (nSPS) is 13.9. The van der Waals surface area contributed by atoms with E-state index in [1.165, 1.54) is 50.8 Å². The van der Waals surface area contributed by atoms with E-state index in [2.05, 4.69) is 5.16 Å². The molecule has 1 fully saturated rings. The predicted molar refractivity (Wildman–Crippen MR) is 130 cm³/mol. The second-order valence-electron chi connectivity index (χ2n) is 8.91. The van der Waals surface area contributed by atoms with Gasteiger partial charge in [0, 0.05) is 5.56 Å². The zero-order valence-electron chi connectivity index (χ0n) is 20.5. The summed E-state index contributed by atoms with van der Waals surface area (Å²) in [5.41, 5.74) is 3.71. The molecule has 3 aromatic rings. The zero-order chi connectivity index (χ0) is 24.8. The van der Waals surface area contributed by atoms with Gasteiger partial charge in [-0.3, -0.25) is 4.79 Å². The molecule has 1 aromatic heterocycles. The minimum Gasteiger partial charge on any atom is -0.493 e. The molecular weight excluding hydrogens is 446 g/mol. The average Bonchev–Trinajstić information content (AvgIpc) is 3.22. The largest absolute Gasteiger partial charge is 0.493 e. The van der Waals surface area contributed by atoms with E-state index < -0.39 is 5.97 Å². The molecule has 0 unspecified atom stereocenters. The third-order valence-electron chi connectivity index (χ3n) is 6.60. The van der Waals surface area contributed by atoms with Crippen molar-refractivity contribution in [3.05, 3.63) is 76.2 Å². The van der Waals surface area contributed by atoms with Crippen LogP contribution in [0.15, 0.2) is 47.0 Å². The molecule has 1 saturated carbocycles. The number of Topliss-reactive ketones (excluding diaryl/α,β-unsaturated/α-hetero) is 1. The van der Waals surface area contributed by atoms with Crippen molar-refractivity contribution in [2.75, 3.05) is 13.7 Å². The Kier molecular flexibility index (Phi) is 7.85. The molecule has 4 rings (SSSR count). The lowest BCUT2D eigenvalue weighted by Gasteiger charge is -2.22. The van der Waals surface area contributed by atoms with Crippen LogP contribution in [0.25, 0.3) is 0 Å². The number of ketones is 1. The van der Waals surface area contributed by atoms with E-state index in [9.17, 15) is 9.59 Å². The van der Waals surface area contributed by atoms with Crippen LogP contribution in [-0.2, 0) is 11.3 Å². The van der Waals surface area contributed by atoms with Gasteiger partial charge in [-0.05, 0) is 56.4 Å². The average molecular weight is 478 g/mol. The first-order valence-corrected chi connectivity index (χ1v) is 12.0. The minimum absolute atomic E-state index is 0.236. The van der Waals surface area contributed by atoms with Gasteiger partial charge in [0.15, 0.2) is 23.9 Å². The number of methoxy groups -OCH3 is 1. The second kappa shape index (κ2) is 11.2. The maximum Gasteiger partial charge on any atom is 0.338 e. The van der Waals surface area contributed by atoms with Crippen LogP contribution < -0.4 is 9.47 Å². The van der Waals surface area contributed by atoms with Crippen molar-refractivity contribution in [3.63, 3.8) is 0 Å². The summed E-state index contributed by atoms with van der Waals surface area (Å²) in [6.45, 7) is 3.60. The molecule has 0 N–H and O–H groups in total. The second-order valence-corrected chi connectivity index (χ2v) is 8.91. The molecule has 184 valence electrons. The lowest BCUT2D eigenvalue weighted by atomic mass is 9.84. The molecule has 0 spiro atoms. The van der Waals surface area contributed by atoms with Crippen LogP contribution in [0.3, 0.4) is 0 Å². The summed E-state index contributed by atoms with van der Waals surface area (Å²) in [6, 6.07) is 12.5. The highest BCUT2D eigenvalue weighted by molar-refractivity contribution is 5.99. The highest BCUT2D eigenvalue weighted by atomic mass is 16.5. The summed E-state index contributed by atoms with van der Waals surface area (Å²) in [5, 5.41) is 3.92. The molecule has 1 aliphatic rings. The molecule has 1 aliphatic carbocycles. The van der Waals surface area contributed by atoms with Gasteiger partial charge in [0.1, 0.15) is 12.4 Å². The van der Waals surface area contributed by atoms with Crippen molar-refractivity contribution in [3.8, 4) is 11.5 Å². The number of benzene rings is 2. The summed E-state index contributed by atoms with van der Waals surface area (Å²) in [7, 11) is 1.49. The number of aromatic nitrogens is 1. The first-order valence-electron chi connectivity index (χ1n) is 12.0. The Bertz CT molecular complexity index is 1160. The van der Waals surface area contributed by atoms with Crippen LogP contribution in [0.2, 0.25) is 0 Å². The monoisotopic (exact) mass is 477 g/mol. The molecule has 0 bridgehead atoms. The van der Waals surface area contributed by atoms with Gasteiger partial charge in [-0.1, -0.05) is 48.7 Å². The highest BCUT2D eigenvalue weighted by Gasteiger charge is 2.18. The molecule has 0 aliphatic heterocycles. The van der Waals surface area contributed by atoms with Crippen LogP contribution >= 0.6 is 0 Å². The third-order valence-corrected chi connectivity index (χ3v) is 6.60. The number of carbonyl (C=O) groups excluding carboxylic acids is 2. The maximum atomic E-state index is 12.6. The van der Waals surface area contributed by atoms with Gasteiger partial charge in [0.05, 0.1) is 23.9 Å². The third kappa shape index (κ3) is 5.91. The standard InChI is InChI=1S/C28H31NO6/c1-18-24(19(2)35-29-18)16-33-26-14-13-23(15-27(26)32-3)28(31)34-17-25(30)22-11-9-21(10-12-22)20-7-5-4-6-8-20/h9-15,20H,4-8,16-17H2,1-3H3. The van der Waals surface area contributed by atoms with Gasteiger partial charge in [-0.15, -0.1) is 0 Å². The van der Waals surface area contributed by atoms with E-state index in [-0.39, 0.29) is 24.6 Å². The Labute approximate surface area is 205 Å². The minimum atomic E-state index is -0.604. The molecular formula is C28H31NO6. The fourth-order valence-corrected chi connectivity index (χ4v) is 4.45. The van der Waals surface area contributed by atoms with E-state index in [1.54, 1.807) is 12.1 Å². The van der Waals surface area contributed by atoms with Crippen molar-refractivity contribution >= 4 is 11.8 Å². The first kappa shape index (κ1) is 24.5. The van der Waals surface area contributed by atoms with Crippen LogP contribution in [0, 0.1) is 13.8 Å². The molecule has 0 amide bonds. The van der Waals surface area contributed by atoms with Crippen LogP contribution in [-0.4, -0.2) is 30.6 Å². The lowest BCUT2D eigenvalue weighted by molar-refractivity contribution is 0.0474. The highest BCUT2D eigenvalue weighted by Crippen LogP contribution is 2.33. The molecule has 7 heteroatoms. The fraction of sp³-hybridized carbons (Fsp3) is 0.393. The Morgan fingerprint density at radius 3 is 2.34 bits per heavy atom. The lowest BCUT2D eigenvalue weighted by Crippen LogP contribution is -2.14. The van der Waals surface area contributed by atoms with Crippen LogP contribution in [0.1, 0.15) is 81.3 Å². The van der Waals surface area contributed by atoms with Gasteiger partial charge in [-0.2, -0.15) is 0 Å². The molecule has 2 aromatic carbocycles. The number of hydrogen-bond donors (Lipinski definition) is 0. The van der Waals surface area contributed by atoms with Crippen molar-refractivity contribution in [1.29, 1.82) is 0 Å². The topological polar surface area (TPSA) is 87.9 Å². The van der Waals surface area contributed by atoms with Crippen molar-refractivity contribution < 1.29 is 28.3 Å². The van der Waals surface area contributed by atoms with Gasteiger partial charge >= 0.3 is 5.97 Å². The first-order chi connectivity index (χ1) is 17.0. The van der Waals surface area contributed by atoms with E-state index in [0.29, 0.717) is 28.7 Å². The summed E-state index contributed by atoms with van der Waals surface area (Å²) in [6.07, 6.45) is 6.25. The number of ether oxygens (including phenoxy) is 3. The molecule has 0 atom stereocenters. The van der Waals surface area contributed by atoms with E-state index in [0.717, 1.165) is 11.3 Å². The summed E-state index contributed by atoms with van der Waals surface area (Å²) in [5.74, 6) is 1.29. The zero-order valence-corrected chi connectivity index (χ0v) is 20.5. The van der Waals surface area contributed by atoms with Crippen LogP contribution in [0.4, 0.5) is 0 Å². The summed E-state index contributed by atoms with van der Waals surface area (Å²) < 4.78 is 21.7. The molecule has 1 heterocycles. The molecule has 0 radical (unpaired) electrons. The van der Waals surface area contributed by atoms with E-state index in [4.69, 9.17) is 18.7 Å². The van der Waals surface area contributed by atoms with Crippen LogP contribution in [0.5, 0.6) is 11.5 Å². The van der Waals surface area contributed by atoms with Crippen molar-refractivity contribution in [1.82, 2.24) is 5.16 Å². The van der Waals surface area contributed by atoms with E-state index >= 15 is 0 Å². The SMILES string of the molecule is COc1cc(C(=O)OCC(=O)c2ccc(C3CCCCC3)cc2)ccc1OCc1c(C)noc1C. The molecule has 35 heavy (non-hydrogen) atoms. The Balaban J connectivity index is 1.33. The van der Waals surface area contributed by atoms with Crippen molar-refractivity contribution in [2.24, 2.45) is 0 Å². The number of rotatable bonds is 9. The summed E-state index contributed by atoms with van der Waals surface area (Å²) in [4.78, 5) is 25.1. The predicted octanol–water partition coefficient (Wildman–Crippen LogP) is 5.97. The number of nitrogens with zero attached hydrogens (tertiary/aromatic N) is 1. The van der Waals surface area contributed by atoms with Crippen molar-refractivity contribution in [2.45, 2.75) is 58.5 Å². The number of carbonyl (C=O) groups is 2. The fourth-order valence-electron chi connectivity index (χ4n) is 4.45. The quantitative estimate of drug-likeness (QED) is 0.277. The summed E-state index contributed by atoms with van der Waals surface area (Å²) >= 11 is 0. The van der Waals surface area contributed by atoms with Gasteiger partial charge in [-0.25, -0.2) is 4.79 Å². The van der Waals surface area contributed by atoms with Gasteiger partial charge < -0.3 is 18.7 Å². The Morgan fingerprint density at radius 1 is 0.971 bits per heavy atom. The van der Waals surface area contributed by atoms with E-state index in [1.807, 2.05) is 38.1 Å². The maximum absolute atomic E-state index is 12.6. The molecule has 7 nitrogen and oxygen atoms in total. The van der Waals surface area contributed by atoms with Gasteiger partial charge in [0.2, 0.25) is 0 Å². The Morgan fingerprint density at radius 2 is 1.69 bits per heavy atom. The molecule has 0 saturated heterocycles.